The molecule has 76 valence electrons. The van der Waals surface area contributed by atoms with Crippen LogP contribution >= 0.6 is 0 Å². The Labute approximate surface area is 83.5 Å². The second kappa shape index (κ2) is 4.37. The SMILES string of the molecule is NC1CCCCC1Oc1ncccn1. The van der Waals surface area contributed by atoms with Gasteiger partial charge in [0.25, 0.3) is 0 Å². The number of ether oxygens (including phenoxy) is 1. The topological polar surface area (TPSA) is 61.0 Å². The molecular formula is C10H15N3O. The first kappa shape index (κ1) is 9.40. The molecule has 0 aromatic carbocycles. The molecule has 1 saturated carbocycles. The van der Waals surface area contributed by atoms with E-state index in [-0.39, 0.29) is 12.1 Å². The normalized spacial score (nSPS) is 27.2. The molecule has 0 radical (unpaired) electrons. The van der Waals surface area contributed by atoms with E-state index in [1.54, 1.807) is 18.5 Å². The van der Waals surface area contributed by atoms with Crippen LogP contribution in [0.4, 0.5) is 0 Å². The highest BCUT2D eigenvalue weighted by Crippen LogP contribution is 2.20. The lowest BCUT2D eigenvalue weighted by Gasteiger charge is -2.27. The summed E-state index contributed by atoms with van der Waals surface area (Å²) in [5.74, 6) is 0. The number of nitrogens with zero attached hydrogens (tertiary/aromatic N) is 2. The summed E-state index contributed by atoms with van der Waals surface area (Å²) in [5, 5.41) is 0. The van der Waals surface area contributed by atoms with Gasteiger partial charge in [-0.3, -0.25) is 0 Å². The molecule has 2 N–H and O–H groups in total. The van der Waals surface area contributed by atoms with Crippen molar-refractivity contribution in [1.29, 1.82) is 0 Å². The fourth-order valence-electron chi connectivity index (χ4n) is 1.75. The molecule has 1 fully saturated rings. The third-order valence-electron chi connectivity index (χ3n) is 2.55. The van der Waals surface area contributed by atoms with E-state index in [1.165, 1.54) is 12.8 Å². The van der Waals surface area contributed by atoms with Gasteiger partial charge >= 0.3 is 6.01 Å². The Morgan fingerprint density at radius 3 is 2.64 bits per heavy atom. The van der Waals surface area contributed by atoms with Crippen molar-refractivity contribution in [2.24, 2.45) is 5.73 Å². The molecule has 14 heavy (non-hydrogen) atoms. The predicted molar refractivity (Wildman–Crippen MR) is 52.9 cm³/mol. The maximum absolute atomic E-state index is 5.95. The number of rotatable bonds is 2. The molecular weight excluding hydrogens is 178 g/mol. The zero-order chi connectivity index (χ0) is 9.80. The molecule has 2 unspecified atom stereocenters. The van der Waals surface area contributed by atoms with Crippen LogP contribution in [0.3, 0.4) is 0 Å². The van der Waals surface area contributed by atoms with Gasteiger partial charge in [-0.1, -0.05) is 6.42 Å². The molecule has 1 aliphatic rings. The first-order chi connectivity index (χ1) is 6.86. The zero-order valence-electron chi connectivity index (χ0n) is 8.10. The molecule has 2 atom stereocenters. The minimum absolute atomic E-state index is 0.0890. The van der Waals surface area contributed by atoms with E-state index >= 15 is 0 Å². The number of hydrogen-bond acceptors (Lipinski definition) is 4. The molecule has 0 spiro atoms. The molecule has 1 heterocycles. The fraction of sp³-hybridized carbons (Fsp3) is 0.600. The van der Waals surface area contributed by atoms with E-state index in [0.717, 1.165) is 12.8 Å². The van der Waals surface area contributed by atoms with E-state index in [2.05, 4.69) is 9.97 Å². The van der Waals surface area contributed by atoms with Gasteiger partial charge in [0.15, 0.2) is 0 Å². The molecule has 1 aliphatic carbocycles. The number of aromatic nitrogens is 2. The van der Waals surface area contributed by atoms with Gasteiger partial charge in [0.05, 0.1) is 0 Å². The van der Waals surface area contributed by atoms with Crippen LogP contribution < -0.4 is 10.5 Å². The molecule has 0 aliphatic heterocycles. The second-order valence-electron chi connectivity index (χ2n) is 3.64. The van der Waals surface area contributed by atoms with Crippen molar-refractivity contribution in [2.45, 2.75) is 37.8 Å². The van der Waals surface area contributed by atoms with Crippen molar-refractivity contribution in [3.8, 4) is 6.01 Å². The van der Waals surface area contributed by atoms with Crippen LogP contribution in [0.15, 0.2) is 18.5 Å². The number of nitrogens with two attached hydrogens (primary N) is 1. The van der Waals surface area contributed by atoms with Crippen LogP contribution in [0.5, 0.6) is 6.01 Å². The van der Waals surface area contributed by atoms with Gasteiger partial charge in [0.2, 0.25) is 0 Å². The summed E-state index contributed by atoms with van der Waals surface area (Å²) in [5.41, 5.74) is 5.95. The Morgan fingerprint density at radius 2 is 1.93 bits per heavy atom. The monoisotopic (exact) mass is 193 g/mol. The number of hydrogen-bond donors (Lipinski definition) is 1. The third-order valence-corrected chi connectivity index (χ3v) is 2.55. The highest BCUT2D eigenvalue weighted by Gasteiger charge is 2.23. The molecule has 1 aromatic rings. The molecule has 0 saturated heterocycles. The van der Waals surface area contributed by atoms with Crippen molar-refractivity contribution < 1.29 is 4.74 Å². The van der Waals surface area contributed by atoms with Crippen molar-refractivity contribution in [3.63, 3.8) is 0 Å². The van der Waals surface area contributed by atoms with Gasteiger partial charge in [-0.25, -0.2) is 9.97 Å². The quantitative estimate of drug-likeness (QED) is 0.764. The van der Waals surface area contributed by atoms with Crippen LogP contribution in [-0.4, -0.2) is 22.1 Å². The first-order valence-corrected chi connectivity index (χ1v) is 5.05. The van der Waals surface area contributed by atoms with Gasteiger partial charge in [-0.05, 0) is 25.3 Å². The average Bonchev–Trinajstić information content (AvgIpc) is 2.23. The summed E-state index contributed by atoms with van der Waals surface area (Å²) in [6.07, 6.45) is 7.89. The van der Waals surface area contributed by atoms with Crippen molar-refractivity contribution in [2.75, 3.05) is 0 Å². The van der Waals surface area contributed by atoms with E-state index in [4.69, 9.17) is 10.5 Å². The minimum Gasteiger partial charge on any atom is -0.458 e. The maximum atomic E-state index is 5.95. The summed E-state index contributed by atoms with van der Waals surface area (Å²) in [6.45, 7) is 0. The second-order valence-corrected chi connectivity index (χ2v) is 3.64. The minimum atomic E-state index is 0.0890. The zero-order valence-corrected chi connectivity index (χ0v) is 8.10. The van der Waals surface area contributed by atoms with Crippen LogP contribution in [0.1, 0.15) is 25.7 Å². The first-order valence-electron chi connectivity index (χ1n) is 5.05. The lowest BCUT2D eigenvalue weighted by atomic mass is 9.93. The van der Waals surface area contributed by atoms with Gasteiger partial charge < -0.3 is 10.5 Å². The standard InChI is InChI=1S/C10H15N3O/c11-8-4-1-2-5-9(8)14-10-12-6-3-7-13-10/h3,6-9H,1-2,4-5,11H2. The van der Waals surface area contributed by atoms with Crippen LogP contribution in [0, 0.1) is 0 Å². The van der Waals surface area contributed by atoms with Crippen molar-refractivity contribution in [1.82, 2.24) is 9.97 Å². The third kappa shape index (κ3) is 2.20. The molecule has 0 bridgehead atoms. The molecule has 1 aromatic heterocycles. The van der Waals surface area contributed by atoms with Crippen LogP contribution in [-0.2, 0) is 0 Å². The average molecular weight is 193 g/mol. The maximum Gasteiger partial charge on any atom is 0.316 e. The molecule has 4 heteroatoms. The van der Waals surface area contributed by atoms with Gasteiger partial charge in [0.1, 0.15) is 6.10 Å². The molecule has 4 nitrogen and oxygen atoms in total. The van der Waals surface area contributed by atoms with Crippen LogP contribution in [0.2, 0.25) is 0 Å². The Bertz CT molecular complexity index is 278. The predicted octanol–water partition coefficient (Wildman–Crippen LogP) is 1.13. The van der Waals surface area contributed by atoms with Gasteiger partial charge in [-0.15, -0.1) is 0 Å². The lowest BCUT2D eigenvalue weighted by molar-refractivity contribution is 0.120. The van der Waals surface area contributed by atoms with Crippen LogP contribution in [0.25, 0.3) is 0 Å². The summed E-state index contributed by atoms with van der Waals surface area (Å²) >= 11 is 0. The highest BCUT2D eigenvalue weighted by atomic mass is 16.5. The lowest BCUT2D eigenvalue weighted by Crippen LogP contribution is -2.41. The van der Waals surface area contributed by atoms with E-state index in [0.29, 0.717) is 6.01 Å². The Morgan fingerprint density at radius 1 is 1.21 bits per heavy atom. The van der Waals surface area contributed by atoms with Crippen molar-refractivity contribution >= 4 is 0 Å². The molecule has 0 amide bonds. The van der Waals surface area contributed by atoms with E-state index in [1.807, 2.05) is 0 Å². The largest absolute Gasteiger partial charge is 0.458 e. The smallest absolute Gasteiger partial charge is 0.316 e. The van der Waals surface area contributed by atoms with E-state index in [9.17, 15) is 0 Å². The fourth-order valence-corrected chi connectivity index (χ4v) is 1.75. The van der Waals surface area contributed by atoms with E-state index < -0.39 is 0 Å². The summed E-state index contributed by atoms with van der Waals surface area (Å²) in [4.78, 5) is 8.04. The summed E-state index contributed by atoms with van der Waals surface area (Å²) < 4.78 is 5.62. The van der Waals surface area contributed by atoms with Crippen molar-refractivity contribution in [3.05, 3.63) is 18.5 Å². The summed E-state index contributed by atoms with van der Waals surface area (Å²) in [6, 6.07) is 2.34. The molecule has 2 rings (SSSR count). The Kier molecular flexibility index (Phi) is 2.93. The summed E-state index contributed by atoms with van der Waals surface area (Å²) in [7, 11) is 0. The van der Waals surface area contributed by atoms with Gasteiger partial charge in [-0.2, -0.15) is 0 Å². The van der Waals surface area contributed by atoms with Gasteiger partial charge in [0, 0.05) is 18.4 Å². The highest BCUT2D eigenvalue weighted by molar-refractivity contribution is 4.96. The Hall–Kier alpha value is -1.16. The Balaban J connectivity index is 1.96.